The van der Waals surface area contributed by atoms with Gasteiger partial charge < -0.3 is 20.1 Å². The maximum absolute atomic E-state index is 11.9. The van der Waals surface area contributed by atoms with Gasteiger partial charge in [0.05, 0.1) is 19.3 Å². The van der Waals surface area contributed by atoms with Gasteiger partial charge in [-0.2, -0.15) is 0 Å². The van der Waals surface area contributed by atoms with Crippen molar-refractivity contribution in [1.82, 2.24) is 10.6 Å². The number of morpholine rings is 1. The monoisotopic (exact) mass is 256 g/mol. The largest absolute Gasteiger partial charge is 0.381 e. The molecule has 1 heterocycles. The van der Waals surface area contributed by atoms with Gasteiger partial charge in [-0.3, -0.25) is 4.79 Å². The van der Waals surface area contributed by atoms with Crippen LogP contribution in [-0.2, 0) is 14.3 Å². The van der Waals surface area contributed by atoms with E-state index in [0.717, 1.165) is 19.6 Å². The van der Waals surface area contributed by atoms with E-state index in [9.17, 15) is 4.79 Å². The average Bonchev–Trinajstić information content (AvgIpc) is 2.35. The van der Waals surface area contributed by atoms with E-state index in [0.29, 0.717) is 13.0 Å². The Bertz CT molecular complexity index is 301. The van der Waals surface area contributed by atoms with Crippen molar-refractivity contribution in [1.29, 1.82) is 0 Å². The summed E-state index contributed by atoms with van der Waals surface area (Å²) < 4.78 is 10.7. The first-order chi connectivity index (χ1) is 8.54. The minimum atomic E-state index is 0.0287. The van der Waals surface area contributed by atoms with Crippen molar-refractivity contribution in [3.63, 3.8) is 0 Å². The van der Waals surface area contributed by atoms with Crippen LogP contribution >= 0.6 is 0 Å². The molecule has 3 unspecified atom stereocenters. The second-order valence-corrected chi connectivity index (χ2v) is 5.83. The van der Waals surface area contributed by atoms with Crippen LogP contribution in [-0.4, -0.2) is 51.0 Å². The summed E-state index contributed by atoms with van der Waals surface area (Å²) in [6.07, 6.45) is 1.65. The van der Waals surface area contributed by atoms with Crippen molar-refractivity contribution >= 4 is 5.91 Å². The maximum atomic E-state index is 11.9. The van der Waals surface area contributed by atoms with Crippen molar-refractivity contribution in [3.05, 3.63) is 0 Å². The highest BCUT2D eigenvalue weighted by Gasteiger charge is 2.49. The number of ether oxygens (including phenoxy) is 2. The smallest absolute Gasteiger partial charge is 0.221 e. The molecule has 5 heteroatoms. The zero-order chi connectivity index (χ0) is 13.2. The fraction of sp³-hybridized carbons (Fsp3) is 0.923. The van der Waals surface area contributed by atoms with Gasteiger partial charge in [0, 0.05) is 37.6 Å². The predicted octanol–water partition coefficient (Wildman–Crippen LogP) is 0.295. The molecule has 0 spiro atoms. The van der Waals surface area contributed by atoms with Gasteiger partial charge in [0.25, 0.3) is 0 Å². The second-order valence-electron chi connectivity index (χ2n) is 5.83. The van der Waals surface area contributed by atoms with Crippen LogP contribution in [0.5, 0.6) is 0 Å². The molecule has 1 aliphatic carbocycles. The third-order valence-corrected chi connectivity index (χ3v) is 4.23. The maximum Gasteiger partial charge on any atom is 0.221 e. The standard InChI is InChI=1S/C13H24N2O3/c1-13(2)10(7-11(13)17-3)15-12(16)6-9-8-18-5-4-14-9/h9-11,14H,4-8H2,1-3H3,(H,15,16). The molecule has 1 amide bonds. The Labute approximate surface area is 109 Å². The van der Waals surface area contributed by atoms with Gasteiger partial charge in [-0.15, -0.1) is 0 Å². The Hall–Kier alpha value is -0.650. The van der Waals surface area contributed by atoms with E-state index in [2.05, 4.69) is 24.5 Å². The van der Waals surface area contributed by atoms with Gasteiger partial charge in [-0.05, 0) is 6.42 Å². The molecule has 1 aliphatic heterocycles. The number of carbonyl (C=O) groups excluding carboxylic acids is 1. The summed E-state index contributed by atoms with van der Waals surface area (Å²) in [4.78, 5) is 11.9. The molecule has 0 aromatic heterocycles. The molecule has 2 N–H and O–H groups in total. The molecule has 18 heavy (non-hydrogen) atoms. The summed E-state index contributed by atoms with van der Waals surface area (Å²) in [6.45, 7) is 6.47. The van der Waals surface area contributed by atoms with Crippen LogP contribution in [0.15, 0.2) is 0 Å². The summed E-state index contributed by atoms with van der Waals surface area (Å²) >= 11 is 0. The predicted molar refractivity (Wildman–Crippen MR) is 68.4 cm³/mol. The van der Waals surface area contributed by atoms with Crippen LogP contribution in [0.3, 0.4) is 0 Å². The van der Waals surface area contributed by atoms with Gasteiger partial charge in [-0.25, -0.2) is 0 Å². The molecule has 0 bridgehead atoms. The fourth-order valence-corrected chi connectivity index (χ4v) is 2.76. The van der Waals surface area contributed by atoms with Gasteiger partial charge in [0.2, 0.25) is 5.91 Å². The van der Waals surface area contributed by atoms with Gasteiger partial charge >= 0.3 is 0 Å². The summed E-state index contributed by atoms with van der Waals surface area (Å²) in [5.74, 6) is 0.102. The van der Waals surface area contributed by atoms with Crippen LogP contribution in [0.2, 0.25) is 0 Å². The number of methoxy groups -OCH3 is 1. The van der Waals surface area contributed by atoms with E-state index in [1.54, 1.807) is 7.11 Å². The minimum Gasteiger partial charge on any atom is -0.381 e. The fourth-order valence-electron chi connectivity index (χ4n) is 2.76. The molecule has 3 atom stereocenters. The summed E-state index contributed by atoms with van der Waals surface area (Å²) in [6, 6.07) is 0.375. The van der Waals surface area contributed by atoms with Gasteiger partial charge in [0.1, 0.15) is 0 Å². The van der Waals surface area contributed by atoms with Gasteiger partial charge in [-0.1, -0.05) is 13.8 Å². The highest BCUT2D eigenvalue weighted by Crippen LogP contribution is 2.42. The van der Waals surface area contributed by atoms with Crippen LogP contribution in [0.1, 0.15) is 26.7 Å². The van der Waals surface area contributed by atoms with Crippen molar-refractivity contribution < 1.29 is 14.3 Å². The third kappa shape index (κ3) is 2.84. The number of hydrogen-bond acceptors (Lipinski definition) is 4. The first-order valence-electron chi connectivity index (χ1n) is 6.67. The van der Waals surface area contributed by atoms with Crippen molar-refractivity contribution in [3.8, 4) is 0 Å². The van der Waals surface area contributed by atoms with E-state index in [-0.39, 0.29) is 29.5 Å². The Morgan fingerprint density at radius 2 is 2.33 bits per heavy atom. The number of rotatable bonds is 4. The summed E-state index contributed by atoms with van der Waals surface area (Å²) in [7, 11) is 1.73. The van der Waals surface area contributed by atoms with Crippen LogP contribution in [0, 0.1) is 5.41 Å². The lowest BCUT2D eigenvalue weighted by molar-refractivity contribution is -0.133. The lowest BCUT2D eigenvalue weighted by Crippen LogP contribution is -2.62. The first kappa shape index (κ1) is 13.8. The molecule has 2 rings (SSSR count). The quantitative estimate of drug-likeness (QED) is 0.759. The number of carbonyl (C=O) groups is 1. The van der Waals surface area contributed by atoms with Crippen LogP contribution < -0.4 is 10.6 Å². The third-order valence-electron chi connectivity index (χ3n) is 4.23. The van der Waals surface area contributed by atoms with Crippen molar-refractivity contribution in [2.24, 2.45) is 5.41 Å². The molecule has 1 saturated heterocycles. The molecule has 104 valence electrons. The summed E-state index contributed by atoms with van der Waals surface area (Å²) in [5.41, 5.74) is 0.0287. The Kier molecular flexibility index (Phi) is 4.25. The van der Waals surface area contributed by atoms with E-state index in [1.807, 2.05) is 0 Å². The lowest BCUT2D eigenvalue weighted by Gasteiger charge is -2.51. The Morgan fingerprint density at radius 1 is 1.56 bits per heavy atom. The molecule has 0 radical (unpaired) electrons. The molecular formula is C13H24N2O3. The SMILES string of the molecule is COC1CC(NC(=O)CC2COCCN2)C1(C)C. The summed E-state index contributed by atoms with van der Waals surface area (Å²) in [5, 5.41) is 6.39. The van der Waals surface area contributed by atoms with Crippen molar-refractivity contribution in [2.75, 3.05) is 26.9 Å². The normalized spacial score (nSPS) is 34.7. The highest BCUT2D eigenvalue weighted by atomic mass is 16.5. The molecule has 0 aromatic rings. The number of hydrogen-bond donors (Lipinski definition) is 2. The number of nitrogens with one attached hydrogen (secondary N) is 2. The molecule has 0 aromatic carbocycles. The molecule has 1 saturated carbocycles. The topological polar surface area (TPSA) is 59.6 Å². The lowest BCUT2D eigenvalue weighted by atomic mass is 9.64. The first-order valence-corrected chi connectivity index (χ1v) is 6.67. The van der Waals surface area contributed by atoms with Crippen molar-refractivity contribution in [2.45, 2.75) is 44.9 Å². The Morgan fingerprint density at radius 3 is 2.89 bits per heavy atom. The molecule has 2 fully saturated rings. The van der Waals surface area contributed by atoms with Crippen LogP contribution in [0.4, 0.5) is 0 Å². The minimum absolute atomic E-state index is 0.0287. The average molecular weight is 256 g/mol. The van der Waals surface area contributed by atoms with E-state index >= 15 is 0 Å². The van der Waals surface area contributed by atoms with Gasteiger partial charge in [0.15, 0.2) is 0 Å². The zero-order valence-electron chi connectivity index (χ0n) is 11.5. The second kappa shape index (κ2) is 5.55. The highest BCUT2D eigenvalue weighted by molar-refractivity contribution is 5.77. The molecule has 5 nitrogen and oxygen atoms in total. The van der Waals surface area contributed by atoms with E-state index < -0.39 is 0 Å². The van der Waals surface area contributed by atoms with E-state index in [4.69, 9.17) is 9.47 Å². The Balaban J connectivity index is 1.75. The molecular weight excluding hydrogens is 232 g/mol. The number of amides is 1. The van der Waals surface area contributed by atoms with Crippen LogP contribution in [0.25, 0.3) is 0 Å². The zero-order valence-corrected chi connectivity index (χ0v) is 11.5. The van der Waals surface area contributed by atoms with E-state index in [1.165, 1.54) is 0 Å². The molecule has 2 aliphatic rings.